The van der Waals surface area contributed by atoms with Gasteiger partial charge in [-0.3, -0.25) is 0 Å². The summed E-state index contributed by atoms with van der Waals surface area (Å²) < 4.78 is 36.1. The first-order valence-electron chi connectivity index (χ1n) is 3.69. The summed E-state index contributed by atoms with van der Waals surface area (Å²) in [5, 5.41) is 8.58. The van der Waals surface area contributed by atoms with Gasteiger partial charge >= 0.3 is 5.51 Å². The molecule has 0 radical (unpaired) electrons. The number of nitrogens with zero attached hydrogens (tertiary/aromatic N) is 1. The van der Waals surface area contributed by atoms with E-state index in [0.29, 0.717) is 5.56 Å². The number of rotatable bonds is 1. The summed E-state index contributed by atoms with van der Waals surface area (Å²) in [6.45, 7) is 1.68. The van der Waals surface area contributed by atoms with Crippen LogP contribution in [0.1, 0.15) is 11.1 Å². The van der Waals surface area contributed by atoms with E-state index in [4.69, 9.17) is 5.26 Å². The smallest absolute Gasteiger partial charge is 0.192 e. The van der Waals surface area contributed by atoms with Crippen LogP contribution in [0.15, 0.2) is 23.1 Å². The Morgan fingerprint density at radius 2 is 2.00 bits per heavy atom. The van der Waals surface area contributed by atoms with Crippen molar-refractivity contribution < 1.29 is 13.2 Å². The molecular weight excluding hydrogens is 211 g/mol. The van der Waals surface area contributed by atoms with E-state index >= 15 is 0 Å². The topological polar surface area (TPSA) is 23.8 Å². The highest BCUT2D eigenvalue weighted by Gasteiger charge is 2.30. The van der Waals surface area contributed by atoms with E-state index in [1.54, 1.807) is 19.1 Å². The quantitative estimate of drug-likeness (QED) is 0.672. The van der Waals surface area contributed by atoms with Crippen LogP contribution in [0.5, 0.6) is 0 Å². The minimum Gasteiger partial charge on any atom is -0.192 e. The molecular formula is C9H6F3NS. The molecule has 0 unspecified atom stereocenters. The third kappa shape index (κ3) is 2.96. The Bertz CT molecular complexity index is 379. The molecule has 0 saturated heterocycles. The van der Waals surface area contributed by atoms with Crippen LogP contribution >= 0.6 is 11.8 Å². The van der Waals surface area contributed by atoms with Crippen LogP contribution in [0.3, 0.4) is 0 Å². The molecule has 0 aromatic heterocycles. The van der Waals surface area contributed by atoms with E-state index in [1.165, 1.54) is 12.1 Å². The zero-order valence-corrected chi connectivity index (χ0v) is 8.04. The van der Waals surface area contributed by atoms with E-state index in [9.17, 15) is 13.2 Å². The fourth-order valence-corrected chi connectivity index (χ4v) is 1.65. The van der Waals surface area contributed by atoms with Crippen molar-refractivity contribution in [1.29, 1.82) is 5.26 Å². The number of hydrogen-bond donors (Lipinski definition) is 0. The predicted octanol–water partition coefficient (Wildman–Crippen LogP) is 3.48. The molecule has 5 heteroatoms. The van der Waals surface area contributed by atoms with Gasteiger partial charge in [-0.15, -0.1) is 0 Å². The third-order valence-electron chi connectivity index (χ3n) is 1.48. The second-order valence-electron chi connectivity index (χ2n) is 2.66. The molecule has 14 heavy (non-hydrogen) atoms. The molecule has 0 aliphatic heterocycles. The zero-order chi connectivity index (χ0) is 10.8. The van der Waals surface area contributed by atoms with Crippen molar-refractivity contribution in [2.24, 2.45) is 0 Å². The molecule has 1 aromatic carbocycles. The first-order chi connectivity index (χ1) is 6.42. The molecule has 0 fully saturated rings. The first-order valence-corrected chi connectivity index (χ1v) is 4.50. The Morgan fingerprint density at radius 3 is 2.50 bits per heavy atom. The van der Waals surface area contributed by atoms with Gasteiger partial charge in [-0.2, -0.15) is 18.4 Å². The Kier molecular flexibility index (Phi) is 3.06. The van der Waals surface area contributed by atoms with Crippen LogP contribution in [0.2, 0.25) is 0 Å². The maximum Gasteiger partial charge on any atom is 0.446 e. The van der Waals surface area contributed by atoms with Crippen LogP contribution in [-0.2, 0) is 0 Å². The van der Waals surface area contributed by atoms with Gasteiger partial charge in [0.05, 0.1) is 5.56 Å². The van der Waals surface area contributed by atoms with E-state index in [2.05, 4.69) is 0 Å². The van der Waals surface area contributed by atoms with Crippen LogP contribution in [-0.4, -0.2) is 5.51 Å². The lowest BCUT2D eigenvalue weighted by Crippen LogP contribution is -2.00. The summed E-state index contributed by atoms with van der Waals surface area (Å²) in [5.74, 6) is 0. The lowest BCUT2D eigenvalue weighted by molar-refractivity contribution is -0.0328. The maximum absolute atomic E-state index is 12.0. The molecule has 0 N–H and O–H groups in total. The van der Waals surface area contributed by atoms with Crippen molar-refractivity contribution in [3.63, 3.8) is 0 Å². The van der Waals surface area contributed by atoms with Crippen molar-refractivity contribution in [3.8, 4) is 6.07 Å². The molecule has 0 aliphatic rings. The normalized spacial score (nSPS) is 11.1. The second-order valence-corrected chi connectivity index (χ2v) is 3.77. The number of alkyl halides is 3. The summed E-state index contributed by atoms with van der Waals surface area (Å²) in [5.41, 5.74) is -3.59. The maximum atomic E-state index is 12.0. The van der Waals surface area contributed by atoms with Crippen LogP contribution < -0.4 is 0 Å². The second kappa shape index (κ2) is 3.93. The minimum absolute atomic E-state index is 0.0417. The number of benzene rings is 1. The fraction of sp³-hybridized carbons (Fsp3) is 0.222. The summed E-state index contributed by atoms with van der Waals surface area (Å²) >= 11 is -0.256. The average molecular weight is 217 g/mol. The molecule has 1 rings (SSSR count). The average Bonchev–Trinajstić information content (AvgIpc) is 2.01. The van der Waals surface area contributed by atoms with E-state index < -0.39 is 5.51 Å². The highest BCUT2D eigenvalue weighted by atomic mass is 32.2. The molecule has 0 atom stereocenters. The number of hydrogen-bond acceptors (Lipinski definition) is 2. The fourth-order valence-electron chi connectivity index (χ4n) is 0.931. The van der Waals surface area contributed by atoms with Gasteiger partial charge in [-0.1, -0.05) is 6.07 Å². The van der Waals surface area contributed by atoms with Crippen molar-refractivity contribution in [1.82, 2.24) is 0 Å². The van der Waals surface area contributed by atoms with Crippen LogP contribution in [0.4, 0.5) is 13.2 Å². The number of halogens is 3. The SMILES string of the molecule is Cc1ccc(C#N)c(SC(F)(F)F)c1. The van der Waals surface area contributed by atoms with Gasteiger partial charge in [0.25, 0.3) is 0 Å². The Morgan fingerprint density at radius 1 is 1.36 bits per heavy atom. The van der Waals surface area contributed by atoms with Crippen molar-refractivity contribution in [2.45, 2.75) is 17.3 Å². The minimum atomic E-state index is -4.35. The summed E-state index contributed by atoms with van der Waals surface area (Å²) in [4.78, 5) is -0.0417. The highest BCUT2D eigenvalue weighted by Crippen LogP contribution is 2.38. The lowest BCUT2D eigenvalue weighted by Gasteiger charge is -2.07. The molecule has 0 bridgehead atoms. The van der Waals surface area contributed by atoms with Crippen LogP contribution in [0.25, 0.3) is 0 Å². The summed E-state index contributed by atoms with van der Waals surface area (Å²) in [6.07, 6.45) is 0. The van der Waals surface area contributed by atoms with Gasteiger partial charge in [0, 0.05) is 4.90 Å². The van der Waals surface area contributed by atoms with Crippen molar-refractivity contribution in [3.05, 3.63) is 29.3 Å². The van der Waals surface area contributed by atoms with Crippen molar-refractivity contribution >= 4 is 11.8 Å². The predicted molar refractivity (Wildman–Crippen MR) is 47.8 cm³/mol. The molecule has 0 saturated carbocycles. The van der Waals surface area contributed by atoms with Crippen LogP contribution in [0, 0.1) is 18.3 Å². The Hall–Kier alpha value is -1.15. The molecule has 0 spiro atoms. The molecule has 0 amide bonds. The molecule has 74 valence electrons. The number of nitriles is 1. The third-order valence-corrected chi connectivity index (χ3v) is 2.27. The number of aryl methyl sites for hydroxylation is 1. The standard InChI is InChI=1S/C9H6F3NS/c1-6-2-3-7(5-13)8(4-6)14-9(10,11)12/h2-4H,1H3. The summed E-state index contributed by atoms with van der Waals surface area (Å²) in [6, 6.07) is 6.08. The van der Waals surface area contributed by atoms with E-state index in [-0.39, 0.29) is 22.2 Å². The van der Waals surface area contributed by atoms with Gasteiger partial charge < -0.3 is 0 Å². The molecule has 0 heterocycles. The summed E-state index contributed by atoms with van der Waals surface area (Å²) in [7, 11) is 0. The zero-order valence-electron chi connectivity index (χ0n) is 7.22. The van der Waals surface area contributed by atoms with E-state index in [0.717, 1.165) is 0 Å². The monoisotopic (exact) mass is 217 g/mol. The molecule has 1 aromatic rings. The first kappa shape index (κ1) is 10.9. The van der Waals surface area contributed by atoms with Gasteiger partial charge in [0.1, 0.15) is 6.07 Å². The highest BCUT2D eigenvalue weighted by molar-refractivity contribution is 8.00. The Balaban J connectivity index is 3.07. The van der Waals surface area contributed by atoms with E-state index in [1.807, 2.05) is 0 Å². The van der Waals surface area contributed by atoms with Gasteiger partial charge in [0.2, 0.25) is 0 Å². The van der Waals surface area contributed by atoms with Gasteiger partial charge in [-0.05, 0) is 36.4 Å². The largest absolute Gasteiger partial charge is 0.446 e. The van der Waals surface area contributed by atoms with Crippen molar-refractivity contribution in [2.75, 3.05) is 0 Å². The number of thioether (sulfide) groups is 1. The van der Waals surface area contributed by atoms with Gasteiger partial charge in [0.15, 0.2) is 0 Å². The van der Waals surface area contributed by atoms with Gasteiger partial charge in [-0.25, -0.2) is 0 Å². The lowest BCUT2D eigenvalue weighted by atomic mass is 10.2. The molecule has 1 nitrogen and oxygen atoms in total. The molecule has 0 aliphatic carbocycles. The Labute approximate surface area is 83.5 Å².